The van der Waals surface area contributed by atoms with Gasteiger partial charge < -0.3 is 4.90 Å². The largest absolute Gasteiger partial charge is 0.337 e. The Hall–Kier alpha value is -0.250. The van der Waals surface area contributed by atoms with E-state index in [1.54, 1.807) is 17.0 Å². The molecule has 1 aromatic rings. The van der Waals surface area contributed by atoms with Gasteiger partial charge in [-0.05, 0) is 31.0 Å². The molecular formula is C12H12BrCl2NO. The third-order valence-corrected chi connectivity index (χ3v) is 3.99. The zero-order valence-electron chi connectivity index (χ0n) is 9.13. The Kier molecular flexibility index (Phi) is 4.34. The molecule has 1 fully saturated rings. The lowest BCUT2D eigenvalue weighted by Gasteiger charge is -2.30. The molecule has 0 bridgehead atoms. The van der Waals surface area contributed by atoms with E-state index in [1.807, 2.05) is 6.07 Å². The summed E-state index contributed by atoms with van der Waals surface area (Å²) in [4.78, 5) is 14.1. The van der Waals surface area contributed by atoms with Crippen molar-refractivity contribution in [3.63, 3.8) is 0 Å². The number of piperidine rings is 1. The molecule has 0 aliphatic carbocycles. The second kappa shape index (κ2) is 5.59. The lowest BCUT2D eigenvalue weighted by molar-refractivity contribution is 0.0727. The first-order valence-electron chi connectivity index (χ1n) is 5.46. The maximum Gasteiger partial charge on any atom is 0.255 e. The van der Waals surface area contributed by atoms with Crippen LogP contribution in [0, 0.1) is 0 Å². The van der Waals surface area contributed by atoms with E-state index in [-0.39, 0.29) is 11.3 Å². The van der Waals surface area contributed by atoms with Crippen molar-refractivity contribution < 1.29 is 4.79 Å². The minimum Gasteiger partial charge on any atom is -0.337 e. The number of halogens is 3. The highest BCUT2D eigenvalue weighted by Gasteiger charge is 2.24. The average Bonchev–Trinajstić information content (AvgIpc) is 2.31. The SMILES string of the molecule is O=C(c1cc(Br)ccc1Cl)N1CCCC(Cl)C1. The van der Waals surface area contributed by atoms with Crippen LogP contribution in [-0.2, 0) is 0 Å². The molecule has 1 amide bonds. The summed E-state index contributed by atoms with van der Waals surface area (Å²) in [6.07, 6.45) is 1.92. The van der Waals surface area contributed by atoms with Gasteiger partial charge >= 0.3 is 0 Å². The molecule has 0 radical (unpaired) electrons. The molecule has 5 heteroatoms. The van der Waals surface area contributed by atoms with Crippen LogP contribution in [0.1, 0.15) is 23.2 Å². The number of alkyl halides is 1. The van der Waals surface area contributed by atoms with Crippen molar-refractivity contribution in [3.8, 4) is 0 Å². The smallest absolute Gasteiger partial charge is 0.255 e. The van der Waals surface area contributed by atoms with Gasteiger partial charge in [0.05, 0.1) is 16.0 Å². The van der Waals surface area contributed by atoms with Crippen molar-refractivity contribution in [3.05, 3.63) is 33.3 Å². The predicted octanol–water partition coefficient (Wildman–Crippen LogP) is 3.95. The van der Waals surface area contributed by atoms with Crippen LogP contribution in [0.25, 0.3) is 0 Å². The van der Waals surface area contributed by atoms with E-state index in [2.05, 4.69) is 15.9 Å². The third-order valence-electron chi connectivity index (χ3n) is 2.81. The van der Waals surface area contributed by atoms with Crippen LogP contribution >= 0.6 is 39.1 Å². The zero-order valence-corrected chi connectivity index (χ0v) is 12.2. The van der Waals surface area contributed by atoms with Crippen molar-refractivity contribution in [2.75, 3.05) is 13.1 Å². The number of benzene rings is 1. The molecule has 92 valence electrons. The molecule has 0 saturated carbocycles. The fraction of sp³-hybridized carbons (Fsp3) is 0.417. The van der Waals surface area contributed by atoms with Gasteiger partial charge in [-0.2, -0.15) is 0 Å². The Labute approximate surface area is 119 Å². The van der Waals surface area contributed by atoms with Crippen LogP contribution in [0.4, 0.5) is 0 Å². The van der Waals surface area contributed by atoms with Crippen molar-refractivity contribution in [1.82, 2.24) is 4.90 Å². The number of carbonyl (C=O) groups is 1. The number of rotatable bonds is 1. The molecule has 1 atom stereocenters. The molecule has 1 saturated heterocycles. The molecule has 1 heterocycles. The molecule has 1 unspecified atom stereocenters. The van der Waals surface area contributed by atoms with E-state index in [0.717, 1.165) is 23.9 Å². The molecule has 0 N–H and O–H groups in total. The molecular weight excluding hydrogens is 325 g/mol. The van der Waals surface area contributed by atoms with Crippen LogP contribution in [0.2, 0.25) is 5.02 Å². The molecule has 1 aliphatic heterocycles. The van der Waals surface area contributed by atoms with Crippen molar-refractivity contribution >= 4 is 45.0 Å². The predicted molar refractivity (Wildman–Crippen MR) is 73.9 cm³/mol. The Morgan fingerprint density at radius 1 is 1.47 bits per heavy atom. The maximum absolute atomic E-state index is 12.3. The Morgan fingerprint density at radius 2 is 2.24 bits per heavy atom. The number of nitrogens with zero attached hydrogens (tertiary/aromatic N) is 1. The van der Waals surface area contributed by atoms with Gasteiger partial charge in [0.15, 0.2) is 0 Å². The van der Waals surface area contributed by atoms with Crippen LogP contribution in [0.3, 0.4) is 0 Å². The van der Waals surface area contributed by atoms with E-state index >= 15 is 0 Å². The summed E-state index contributed by atoms with van der Waals surface area (Å²) in [5.41, 5.74) is 0.534. The minimum atomic E-state index is -0.0401. The average molecular weight is 337 g/mol. The van der Waals surface area contributed by atoms with Gasteiger partial charge in [0.2, 0.25) is 0 Å². The fourth-order valence-corrected chi connectivity index (χ4v) is 2.82. The van der Waals surface area contributed by atoms with Gasteiger partial charge in [-0.25, -0.2) is 0 Å². The summed E-state index contributed by atoms with van der Waals surface area (Å²) in [6.45, 7) is 1.36. The van der Waals surface area contributed by atoms with E-state index < -0.39 is 0 Å². The number of likely N-dealkylation sites (tertiary alicyclic amines) is 1. The van der Waals surface area contributed by atoms with Crippen molar-refractivity contribution in [2.24, 2.45) is 0 Å². The van der Waals surface area contributed by atoms with Gasteiger partial charge in [-0.15, -0.1) is 11.6 Å². The summed E-state index contributed by atoms with van der Waals surface area (Å²) in [5, 5.41) is 0.536. The summed E-state index contributed by atoms with van der Waals surface area (Å²) in [6, 6.07) is 5.29. The summed E-state index contributed by atoms with van der Waals surface area (Å²) in [7, 11) is 0. The Balaban J connectivity index is 2.21. The Bertz CT molecular complexity index is 439. The van der Waals surface area contributed by atoms with Crippen LogP contribution in [0.15, 0.2) is 22.7 Å². The molecule has 1 aliphatic rings. The van der Waals surface area contributed by atoms with Gasteiger partial charge in [0.25, 0.3) is 5.91 Å². The number of amides is 1. The number of hydrogen-bond acceptors (Lipinski definition) is 1. The molecule has 2 rings (SSSR count). The van der Waals surface area contributed by atoms with Gasteiger partial charge in [0.1, 0.15) is 0 Å². The van der Waals surface area contributed by atoms with E-state index in [9.17, 15) is 4.79 Å². The van der Waals surface area contributed by atoms with Gasteiger partial charge in [-0.3, -0.25) is 4.79 Å². The first-order chi connectivity index (χ1) is 8.08. The maximum atomic E-state index is 12.3. The molecule has 2 nitrogen and oxygen atoms in total. The molecule has 0 aromatic heterocycles. The summed E-state index contributed by atoms with van der Waals surface area (Å²) in [5.74, 6) is -0.0401. The van der Waals surface area contributed by atoms with Gasteiger partial charge in [-0.1, -0.05) is 27.5 Å². The number of hydrogen-bond donors (Lipinski definition) is 0. The van der Waals surface area contributed by atoms with E-state index in [0.29, 0.717) is 17.1 Å². The van der Waals surface area contributed by atoms with Crippen molar-refractivity contribution in [1.29, 1.82) is 0 Å². The normalized spacial score (nSPS) is 20.4. The monoisotopic (exact) mass is 335 g/mol. The lowest BCUT2D eigenvalue weighted by atomic mass is 10.1. The van der Waals surface area contributed by atoms with Crippen LogP contribution < -0.4 is 0 Å². The Morgan fingerprint density at radius 3 is 2.94 bits per heavy atom. The highest BCUT2D eigenvalue weighted by Crippen LogP contribution is 2.24. The third kappa shape index (κ3) is 3.15. The first-order valence-corrected chi connectivity index (χ1v) is 7.07. The van der Waals surface area contributed by atoms with E-state index in [4.69, 9.17) is 23.2 Å². The van der Waals surface area contributed by atoms with E-state index in [1.165, 1.54) is 0 Å². The highest BCUT2D eigenvalue weighted by atomic mass is 79.9. The zero-order chi connectivity index (χ0) is 12.4. The molecule has 0 spiro atoms. The lowest BCUT2D eigenvalue weighted by Crippen LogP contribution is -2.40. The molecule has 17 heavy (non-hydrogen) atoms. The van der Waals surface area contributed by atoms with Crippen LogP contribution in [0.5, 0.6) is 0 Å². The standard InChI is InChI=1S/C12H12BrCl2NO/c13-8-3-4-11(15)10(6-8)12(17)16-5-1-2-9(14)7-16/h3-4,6,9H,1-2,5,7H2. The first kappa shape index (κ1) is 13.2. The number of carbonyl (C=O) groups excluding carboxylic acids is 1. The summed E-state index contributed by atoms with van der Waals surface area (Å²) >= 11 is 15.5. The molecule has 1 aromatic carbocycles. The van der Waals surface area contributed by atoms with Gasteiger partial charge in [0, 0.05) is 17.6 Å². The van der Waals surface area contributed by atoms with Crippen molar-refractivity contribution in [2.45, 2.75) is 18.2 Å². The van der Waals surface area contributed by atoms with Crippen LogP contribution in [-0.4, -0.2) is 29.3 Å². The second-order valence-electron chi connectivity index (χ2n) is 4.11. The fourth-order valence-electron chi connectivity index (χ4n) is 1.94. The highest BCUT2D eigenvalue weighted by molar-refractivity contribution is 9.10. The second-order valence-corrected chi connectivity index (χ2v) is 6.05. The topological polar surface area (TPSA) is 20.3 Å². The summed E-state index contributed by atoms with van der Waals surface area (Å²) < 4.78 is 0.852. The quantitative estimate of drug-likeness (QED) is 0.711. The minimum absolute atomic E-state index is 0.0401.